The van der Waals surface area contributed by atoms with Gasteiger partial charge in [0, 0.05) is 45.6 Å². The lowest BCUT2D eigenvalue weighted by Crippen LogP contribution is -2.43. The van der Waals surface area contributed by atoms with Crippen molar-refractivity contribution in [2.45, 2.75) is 45.8 Å². The van der Waals surface area contributed by atoms with Crippen molar-refractivity contribution >= 4 is 6.09 Å². The summed E-state index contributed by atoms with van der Waals surface area (Å²) in [5.41, 5.74) is -0.436. The van der Waals surface area contributed by atoms with Crippen LogP contribution in [-0.2, 0) is 11.3 Å². The fourth-order valence-corrected chi connectivity index (χ4v) is 2.98. The van der Waals surface area contributed by atoms with Crippen LogP contribution in [0.2, 0.25) is 0 Å². The smallest absolute Gasteiger partial charge is 0.410 e. The maximum absolute atomic E-state index is 12.1. The van der Waals surface area contributed by atoms with E-state index in [0.29, 0.717) is 5.92 Å². The molecule has 1 aromatic heterocycles. The Morgan fingerprint density at radius 2 is 2.17 bits per heavy atom. The second-order valence-electron chi connectivity index (χ2n) is 7.47. The third-order valence-electron chi connectivity index (χ3n) is 4.07. The van der Waals surface area contributed by atoms with Crippen molar-refractivity contribution in [2.75, 3.05) is 33.2 Å². The minimum atomic E-state index is -0.436. The number of hydrogen-bond acceptors (Lipinski definition) is 4. The summed E-state index contributed by atoms with van der Waals surface area (Å²) in [6, 6.07) is 0. The van der Waals surface area contributed by atoms with Crippen LogP contribution in [0.5, 0.6) is 0 Å². The summed E-state index contributed by atoms with van der Waals surface area (Å²) in [4.78, 5) is 20.4. The number of ether oxygens (including phenoxy) is 1. The molecule has 0 aromatic carbocycles. The van der Waals surface area contributed by atoms with E-state index in [1.165, 1.54) is 12.8 Å². The molecule has 130 valence electrons. The molecule has 0 bridgehead atoms. The van der Waals surface area contributed by atoms with Crippen LogP contribution in [0.3, 0.4) is 0 Å². The van der Waals surface area contributed by atoms with Crippen LogP contribution in [0.4, 0.5) is 4.79 Å². The normalized spacial score (nSPS) is 19.6. The number of rotatable bonds is 5. The summed E-state index contributed by atoms with van der Waals surface area (Å²) >= 11 is 0. The molecule has 1 aliphatic rings. The Kier molecular flexibility index (Phi) is 6.04. The summed E-state index contributed by atoms with van der Waals surface area (Å²) in [6.07, 6.45) is 7.81. The Morgan fingerprint density at radius 3 is 2.83 bits per heavy atom. The highest BCUT2D eigenvalue weighted by Gasteiger charge is 2.25. The molecular weight excluding hydrogens is 292 g/mol. The second-order valence-corrected chi connectivity index (χ2v) is 7.47. The molecule has 6 nitrogen and oxygen atoms in total. The highest BCUT2D eigenvalue weighted by atomic mass is 16.6. The van der Waals surface area contributed by atoms with Crippen LogP contribution in [0.1, 0.15) is 33.6 Å². The van der Waals surface area contributed by atoms with Gasteiger partial charge < -0.3 is 19.1 Å². The van der Waals surface area contributed by atoms with Crippen molar-refractivity contribution in [3.8, 4) is 0 Å². The van der Waals surface area contributed by atoms with Crippen LogP contribution in [0.25, 0.3) is 0 Å². The Morgan fingerprint density at radius 1 is 1.39 bits per heavy atom. The van der Waals surface area contributed by atoms with Gasteiger partial charge in [0.1, 0.15) is 5.60 Å². The van der Waals surface area contributed by atoms with E-state index in [9.17, 15) is 4.79 Å². The first-order valence-electron chi connectivity index (χ1n) is 8.46. The van der Waals surface area contributed by atoms with Gasteiger partial charge in [-0.1, -0.05) is 0 Å². The molecule has 1 aliphatic heterocycles. The van der Waals surface area contributed by atoms with Gasteiger partial charge in [-0.2, -0.15) is 0 Å². The van der Waals surface area contributed by atoms with Crippen LogP contribution < -0.4 is 0 Å². The summed E-state index contributed by atoms with van der Waals surface area (Å²) in [6.45, 7) is 10.6. The largest absolute Gasteiger partial charge is 0.444 e. The van der Waals surface area contributed by atoms with Gasteiger partial charge in [-0.05, 0) is 46.1 Å². The molecule has 2 heterocycles. The molecule has 1 saturated heterocycles. The number of imidazole rings is 1. The molecule has 1 amide bonds. The molecule has 23 heavy (non-hydrogen) atoms. The number of amides is 1. The topological polar surface area (TPSA) is 50.6 Å². The van der Waals surface area contributed by atoms with E-state index in [2.05, 4.69) is 14.5 Å². The average Bonchev–Trinajstić information content (AvgIpc) is 2.97. The Bertz CT molecular complexity index is 481. The lowest BCUT2D eigenvalue weighted by Gasteiger charge is -2.35. The quantitative estimate of drug-likeness (QED) is 0.835. The van der Waals surface area contributed by atoms with E-state index in [1.54, 1.807) is 4.90 Å². The van der Waals surface area contributed by atoms with Gasteiger partial charge in [-0.15, -0.1) is 0 Å². The van der Waals surface area contributed by atoms with E-state index >= 15 is 0 Å². The van der Waals surface area contributed by atoms with Crippen LogP contribution >= 0.6 is 0 Å². The van der Waals surface area contributed by atoms with Gasteiger partial charge in [0.15, 0.2) is 0 Å². The predicted molar refractivity (Wildman–Crippen MR) is 90.3 cm³/mol. The van der Waals surface area contributed by atoms with Crippen molar-refractivity contribution in [3.05, 3.63) is 18.7 Å². The van der Waals surface area contributed by atoms with Crippen LogP contribution in [0.15, 0.2) is 18.7 Å². The molecule has 0 N–H and O–H groups in total. The molecule has 1 fully saturated rings. The zero-order valence-electron chi connectivity index (χ0n) is 14.9. The lowest BCUT2D eigenvalue weighted by molar-refractivity contribution is 0.0243. The van der Waals surface area contributed by atoms with E-state index in [1.807, 2.05) is 46.5 Å². The number of aromatic nitrogens is 2. The molecule has 0 spiro atoms. The molecule has 0 saturated carbocycles. The fourth-order valence-electron chi connectivity index (χ4n) is 2.98. The molecule has 6 heteroatoms. The lowest BCUT2D eigenvalue weighted by atomic mass is 9.97. The average molecular weight is 322 g/mol. The van der Waals surface area contributed by atoms with Gasteiger partial charge in [-0.25, -0.2) is 9.78 Å². The molecule has 0 aliphatic carbocycles. The van der Waals surface area contributed by atoms with Crippen molar-refractivity contribution < 1.29 is 9.53 Å². The predicted octanol–water partition coefficient (Wildman–Crippen LogP) is 2.46. The Balaban J connectivity index is 1.75. The first-order chi connectivity index (χ1) is 10.8. The van der Waals surface area contributed by atoms with E-state index < -0.39 is 5.60 Å². The monoisotopic (exact) mass is 322 g/mol. The third-order valence-corrected chi connectivity index (χ3v) is 4.07. The van der Waals surface area contributed by atoms with Crippen molar-refractivity contribution in [1.82, 2.24) is 19.4 Å². The molecule has 0 radical (unpaired) electrons. The SMILES string of the molecule is CN(C[C@H]1CCCN(CCn2ccnc2)C1)C(=O)OC(C)(C)C. The molecule has 0 unspecified atom stereocenters. The van der Waals surface area contributed by atoms with Crippen molar-refractivity contribution in [3.63, 3.8) is 0 Å². The van der Waals surface area contributed by atoms with Gasteiger partial charge in [0.2, 0.25) is 0 Å². The molecule has 1 atom stereocenters. The number of hydrogen-bond donors (Lipinski definition) is 0. The number of nitrogens with zero attached hydrogens (tertiary/aromatic N) is 4. The summed E-state index contributed by atoms with van der Waals surface area (Å²) in [5.74, 6) is 0.518. The zero-order valence-corrected chi connectivity index (χ0v) is 14.9. The maximum atomic E-state index is 12.1. The molecule has 1 aromatic rings. The zero-order chi connectivity index (χ0) is 16.9. The minimum Gasteiger partial charge on any atom is -0.444 e. The maximum Gasteiger partial charge on any atom is 0.410 e. The van der Waals surface area contributed by atoms with Crippen molar-refractivity contribution in [1.29, 1.82) is 0 Å². The standard InChI is InChI=1S/C17H30N4O2/c1-17(2,3)23-16(22)19(4)12-15-6-5-8-20(13-15)10-11-21-9-7-18-14-21/h7,9,14-15H,5-6,8,10-13H2,1-4H3/t15-/m1/s1. The van der Waals surface area contributed by atoms with Crippen LogP contribution in [0, 0.1) is 5.92 Å². The minimum absolute atomic E-state index is 0.229. The van der Waals surface area contributed by atoms with Gasteiger partial charge in [-0.3, -0.25) is 0 Å². The number of piperidine rings is 1. The van der Waals surface area contributed by atoms with Gasteiger partial charge >= 0.3 is 6.09 Å². The number of likely N-dealkylation sites (tertiary alicyclic amines) is 1. The third kappa shape index (κ3) is 6.22. The Labute approximate surface area is 139 Å². The Hall–Kier alpha value is -1.56. The highest BCUT2D eigenvalue weighted by molar-refractivity contribution is 5.67. The second kappa shape index (κ2) is 7.81. The molecular formula is C17H30N4O2. The van der Waals surface area contributed by atoms with Crippen molar-refractivity contribution in [2.24, 2.45) is 5.92 Å². The summed E-state index contributed by atoms with van der Waals surface area (Å²) in [7, 11) is 1.83. The van der Waals surface area contributed by atoms with E-state index in [4.69, 9.17) is 4.74 Å². The number of carbonyl (C=O) groups excluding carboxylic acids is 1. The highest BCUT2D eigenvalue weighted by Crippen LogP contribution is 2.18. The van der Waals surface area contributed by atoms with Crippen LogP contribution in [-0.4, -0.2) is 64.3 Å². The summed E-state index contributed by atoms with van der Waals surface area (Å²) in [5, 5.41) is 0. The first-order valence-corrected chi connectivity index (χ1v) is 8.46. The van der Waals surface area contributed by atoms with E-state index in [0.717, 1.165) is 32.7 Å². The summed E-state index contributed by atoms with van der Waals surface area (Å²) < 4.78 is 7.54. The van der Waals surface area contributed by atoms with E-state index in [-0.39, 0.29) is 6.09 Å². The van der Waals surface area contributed by atoms with Gasteiger partial charge in [0.25, 0.3) is 0 Å². The van der Waals surface area contributed by atoms with Gasteiger partial charge in [0.05, 0.1) is 6.33 Å². The fraction of sp³-hybridized carbons (Fsp3) is 0.765. The molecule has 2 rings (SSSR count). The number of carbonyl (C=O) groups is 1. The first kappa shape index (κ1) is 17.8.